The van der Waals surface area contributed by atoms with E-state index in [0.717, 1.165) is 0 Å². The van der Waals surface area contributed by atoms with E-state index in [0.29, 0.717) is 0 Å². The van der Waals surface area contributed by atoms with E-state index in [-0.39, 0.29) is 57.9 Å². The first kappa shape index (κ1) is 130. The molecule has 0 saturated carbocycles. The van der Waals surface area contributed by atoms with Gasteiger partial charge in [0.2, 0.25) is 0 Å². The van der Waals surface area contributed by atoms with Gasteiger partial charge in [-0.3, -0.25) is 0 Å². The van der Waals surface area contributed by atoms with Gasteiger partial charge in [-0.1, -0.05) is 0 Å². The van der Waals surface area contributed by atoms with Crippen LogP contribution in [-0.2, 0) is 16.8 Å². The summed E-state index contributed by atoms with van der Waals surface area (Å²) in [6.07, 6.45) is 0. The van der Waals surface area contributed by atoms with Gasteiger partial charge in [0.1, 0.15) is 0 Å². The van der Waals surface area contributed by atoms with Gasteiger partial charge in [0.15, 0.2) is 0 Å². The Balaban J connectivity index is 0. The normalized spacial score (nSPS) is 0. The van der Waals surface area contributed by atoms with E-state index < -0.39 is 0 Å². The van der Waals surface area contributed by atoms with Crippen molar-refractivity contribution in [3.05, 3.63) is 22.3 Å². The van der Waals surface area contributed by atoms with Crippen molar-refractivity contribution in [3.8, 4) is 0 Å². The van der Waals surface area contributed by atoms with Gasteiger partial charge in [-0.05, 0) is 0 Å². The zero-order chi connectivity index (χ0) is 0. The Labute approximate surface area is 58.1 Å². The molecule has 0 nitrogen and oxygen atoms in total. The summed E-state index contributed by atoms with van der Waals surface area (Å²) in [5.41, 5.74) is 0. The largest absolute Gasteiger partial charge is 2.00 e. The monoisotopic (exact) mass is 111 g/mol. The minimum absolute atomic E-state index is 0. The molecule has 1 radical (unpaired) electrons. The molecule has 0 spiro atoms. The standard InChI is InChI=1S/3CH3.Co.Li/h3*1H3;;/q3*-1;+2;+1. The van der Waals surface area contributed by atoms with Crippen LogP contribution in [0.25, 0.3) is 0 Å². The molecule has 0 atom stereocenters. The van der Waals surface area contributed by atoms with Crippen LogP contribution in [0.1, 0.15) is 0 Å². The van der Waals surface area contributed by atoms with Gasteiger partial charge in [0, 0.05) is 0 Å². The molecule has 0 bridgehead atoms. The average molecular weight is 111 g/mol. The molecule has 0 unspecified atom stereocenters. The van der Waals surface area contributed by atoms with Crippen LogP contribution in [0.2, 0.25) is 0 Å². The minimum atomic E-state index is 0. The van der Waals surface area contributed by atoms with Crippen LogP contribution in [0.15, 0.2) is 0 Å². The molecule has 0 amide bonds. The van der Waals surface area contributed by atoms with E-state index in [4.69, 9.17) is 0 Å². The first-order valence-electron chi connectivity index (χ1n) is 0. The minimum Gasteiger partial charge on any atom is -0.358 e. The third kappa shape index (κ3) is 40.4. The Kier molecular flexibility index (Phi) is 1840. The fraction of sp³-hybridized carbons (Fsp3) is 0. The third-order valence-electron chi connectivity index (χ3n) is 0. The number of rotatable bonds is 0. The van der Waals surface area contributed by atoms with Gasteiger partial charge in [0.25, 0.3) is 0 Å². The maximum absolute atomic E-state index is 0. The van der Waals surface area contributed by atoms with Crippen LogP contribution in [0.5, 0.6) is 0 Å². The van der Waals surface area contributed by atoms with Crippen molar-refractivity contribution < 1.29 is 35.6 Å². The van der Waals surface area contributed by atoms with Gasteiger partial charge in [-0.2, -0.15) is 0 Å². The van der Waals surface area contributed by atoms with E-state index in [2.05, 4.69) is 0 Å². The van der Waals surface area contributed by atoms with Gasteiger partial charge < -0.3 is 22.3 Å². The van der Waals surface area contributed by atoms with Crippen molar-refractivity contribution in [1.29, 1.82) is 0 Å². The molecule has 0 N–H and O–H groups in total. The molecule has 0 saturated heterocycles. The van der Waals surface area contributed by atoms with Gasteiger partial charge in [-0.25, -0.2) is 0 Å². The molecule has 0 fully saturated rings. The predicted octanol–water partition coefficient (Wildman–Crippen LogP) is -1.65. The SMILES string of the molecule is [CH3-].[CH3-].[CH3-].[Co+2].[Li+]. The van der Waals surface area contributed by atoms with Gasteiger partial charge >= 0.3 is 35.6 Å². The van der Waals surface area contributed by atoms with Crippen LogP contribution in [0.4, 0.5) is 0 Å². The summed E-state index contributed by atoms with van der Waals surface area (Å²) in [7, 11) is 0. The number of hydrogen-bond donors (Lipinski definition) is 0. The maximum Gasteiger partial charge on any atom is 2.00 e. The summed E-state index contributed by atoms with van der Waals surface area (Å²) in [5.74, 6) is 0. The Hall–Kier alpha value is 1.10. The maximum atomic E-state index is 0. The zero-order valence-corrected chi connectivity index (χ0v) is 5.37. The van der Waals surface area contributed by atoms with E-state index in [9.17, 15) is 0 Å². The summed E-state index contributed by atoms with van der Waals surface area (Å²) in [5, 5.41) is 0. The van der Waals surface area contributed by atoms with Crippen molar-refractivity contribution in [2.75, 3.05) is 0 Å². The molecule has 0 aliphatic rings. The topological polar surface area (TPSA) is 0 Å². The van der Waals surface area contributed by atoms with Crippen LogP contribution >= 0.6 is 0 Å². The van der Waals surface area contributed by atoms with Crippen molar-refractivity contribution in [1.82, 2.24) is 0 Å². The second kappa shape index (κ2) is 70.5. The van der Waals surface area contributed by atoms with Crippen molar-refractivity contribution in [2.45, 2.75) is 0 Å². The summed E-state index contributed by atoms with van der Waals surface area (Å²) in [6.45, 7) is 0. The molecule has 0 aromatic rings. The van der Waals surface area contributed by atoms with Crippen molar-refractivity contribution in [3.63, 3.8) is 0 Å². The fourth-order valence-corrected chi connectivity index (χ4v) is 0. The zero-order valence-electron chi connectivity index (χ0n) is 4.33. The van der Waals surface area contributed by atoms with Crippen molar-refractivity contribution in [2.24, 2.45) is 0 Å². The quantitative estimate of drug-likeness (QED) is 0.259. The van der Waals surface area contributed by atoms with Crippen LogP contribution < -0.4 is 18.9 Å². The van der Waals surface area contributed by atoms with Gasteiger partial charge in [-0.15, -0.1) is 0 Å². The Morgan fingerprint density at radius 1 is 0.600 bits per heavy atom. The Morgan fingerprint density at radius 2 is 0.600 bits per heavy atom. The molecule has 2 heteroatoms. The predicted molar refractivity (Wildman–Crippen MR) is 19.2 cm³/mol. The number of hydrogen-bond acceptors (Lipinski definition) is 0. The molecule has 0 aromatic carbocycles. The van der Waals surface area contributed by atoms with E-state index >= 15 is 0 Å². The van der Waals surface area contributed by atoms with Gasteiger partial charge in [0.05, 0.1) is 0 Å². The molecule has 0 aromatic heterocycles. The average Bonchev–Trinajstić information content (AvgIpc) is 0. The van der Waals surface area contributed by atoms with Crippen LogP contribution in [-0.4, -0.2) is 0 Å². The van der Waals surface area contributed by atoms with E-state index in [1.807, 2.05) is 0 Å². The molecule has 0 rings (SSSR count). The molecule has 5 heavy (non-hydrogen) atoms. The molecule has 0 aliphatic carbocycles. The van der Waals surface area contributed by atoms with E-state index in [1.54, 1.807) is 0 Å². The first-order valence-corrected chi connectivity index (χ1v) is 0. The second-order valence-corrected chi connectivity index (χ2v) is 0. The molecular formula is C3H9CoLi. The van der Waals surface area contributed by atoms with E-state index in [1.165, 1.54) is 0 Å². The summed E-state index contributed by atoms with van der Waals surface area (Å²) in [4.78, 5) is 0. The summed E-state index contributed by atoms with van der Waals surface area (Å²) in [6, 6.07) is 0. The summed E-state index contributed by atoms with van der Waals surface area (Å²) < 4.78 is 0. The Morgan fingerprint density at radius 3 is 0.600 bits per heavy atom. The van der Waals surface area contributed by atoms with Crippen LogP contribution in [0.3, 0.4) is 0 Å². The van der Waals surface area contributed by atoms with Crippen molar-refractivity contribution >= 4 is 0 Å². The third-order valence-corrected chi connectivity index (χ3v) is 0. The Bertz CT molecular complexity index is 6.85. The first-order chi connectivity index (χ1) is 0. The fourth-order valence-electron chi connectivity index (χ4n) is 0. The molecular weight excluding hydrogens is 102 g/mol. The second-order valence-electron chi connectivity index (χ2n) is 0. The molecule has 31 valence electrons. The summed E-state index contributed by atoms with van der Waals surface area (Å²) >= 11 is 0. The molecule has 0 aliphatic heterocycles. The molecule has 0 heterocycles. The van der Waals surface area contributed by atoms with Crippen LogP contribution in [0, 0.1) is 22.3 Å². The smallest absolute Gasteiger partial charge is 0.358 e.